The zero-order valence-electron chi connectivity index (χ0n) is 15.2. The summed E-state index contributed by atoms with van der Waals surface area (Å²) in [5.41, 5.74) is 1.24. The van der Waals surface area contributed by atoms with E-state index in [4.69, 9.17) is 0 Å². The number of hydrogen-bond acceptors (Lipinski definition) is 3. The van der Waals surface area contributed by atoms with Crippen LogP contribution in [0.2, 0.25) is 0 Å². The molecule has 2 heterocycles. The minimum atomic E-state index is -0.786. The van der Waals surface area contributed by atoms with Crippen molar-refractivity contribution in [3.05, 3.63) is 29.8 Å². The molecule has 0 atom stereocenters. The van der Waals surface area contributed by atoms with E-state index in [0.29, 0.717) is 25.3 Å². The van der Waals surface area contributed by atoms with Gasteiger partial charge in [-0.15, -0.1) is 0 Å². The quantitative estimate of drug-likeness (QED) is 0.847. The smallest absolute Gasteiger partial charge is 0.323 e. The number of rotatable bonds is 3. The number of imide groups is 1. The van der Waals surface area contributed by atoms with Crippen molar-refractivity contribution in [3.8, 4) is 0 Å². The van der Waals surface area contributed by atoms with Crippen LogP contribution in [-0.2, 0) is 16.0 Å². The van der Waals surface area contributed by atoms with E-state index in [-0.39, 0.29) is 18.4 Å². The fourth-order valence-corrected chi connectivity index (χ4v) is 4.56. The third-order valence-corrected chi connectivity index (χ3v) is 6.26. The fourth-order valence-electron chi connectivity index (χ4n) is 4.56. The number of carbonyl (C=O) groups excluding carboxylic acids is 3. The van der Waals surface area contributed by atoms with E-state index < -0.39 is 11.6 Å². The van der Waals surface area contributed by atoms with Crippen molar-refractivity contribution in [1.82, 2.24) is 10.2 Å². The Morgan fingerprint density at radius 3 is 2.69 bits per heavy atom. The van der Waals surface area contributed by atoms with Gasteiger partial charge in [-0.25, -0.2) is 4.79 Å². The summed E-state index contributed by atoms with van der Waals surface area (Å²) in [6, 6.07) is 7.36. The van der Waals surface area contributed by atoms with Crippen molar-refractivity contribution in [3.63, 3.8) is 0 Å². The van der Waals surface area contributed by atoms with Gasteiger partial charge in [-0.05, 0) is 49.7 Å². The van der Waals surface area contributed by atoms with Crippen LogP contribution in [0.3, 0.4) is 0 Å². The van der Waals surface area contributed by atoms with Crippen molar-refractivity contribution in [2.24, 2.45) is 5.92 Å². The zero-order valence-corrected chi connectivity index (χ0v) is 15.2. The molecule has 1 aliphatic carbocycles. The first-order valence-electron chi connectivity index (χ1n) is 9.56. The predicted molar refractivity (Wildman–Crippen MR) is 97.7 cm³/mol. The molecule has 26 heavy (non-hydrogen) atoms. The number of nitrogens with one attached hydrogen (secondary N) is 1. The van der Waals surface area contributed by atoms with Crippen LogP contribution < -0.4 is 10.2 Å². The second-order valence-electron chi connectivity index (χ2n) is 7.68. The van der Waals surface area contributed by atoms with Gasteiger partial charge >= 0.3 is 6.03 Å². The molecule has 2 fully saturated rings. The van der Waals surface area contributed by atoms with Gasteiger partial charge in [0, 0.05) is 12.2 Å². The molecule has 6 nitrogen and oxygen atoms in total. The van der Waals surface area contributed by atoms with Crippen LogP contribution in [0.1, 0.15) is 44.6 Å². The molecule has 0 radical (unpaired) electrons. The van der Waals surface area contributed by atoms with Gasteiger partial charge in [0.15, 0.2) is 0 Å². The Kier molecular flexibility index (Phi) is 4.21. The van der Waals surface area contributed by atoms with E-state index >= 15 is 0 Å². The van der Waals surface area contributed by atoms with Crippen LogP contribution in [-0.4, -0.2) is 41.4 Å². The van der Waals surface area contributed by atoms with E-state index in [1.807, 2.05) is 24.3 Å². The molecule has 4 rings (SSSR count). The summed E-state index contributed by atoms with van der Waals surface area (Å²) in [5, 5.41) is 2.90. The highest BCUT2D eigenvalue weighted by atomic mass is 16.2. The molecule has 1 N–H and O–H groups in total. The lowest BCUT2D eigenvalue weighted by molar-refractivity contribution is -0.135. The maximum absolute atomic E-state index is 13.0. The highest BCUT2D eigenvalue weighted by molar-refractivity contribution is 6.10. The van der Waals surface area contributed by atoms with Crippen molar-refractivity contribution >= 4 is 23.5 Å². The minimum absolute atomic E-state index is 0.183. The first-order chi connectivity index (χ1) is 12.5. The maximum Gasteiger partial charge on any atom is 0.325 e. The standard InChI is InChI=1S/C20H25N3O3/c1-2-14-7-10-20(11-8-14)18(25)23(19(26)21-20)13-17(24)22-12-9-15-5-3-4-6-16(15)22/h3-6,14H,2,7-13H2,1H3,(H,21,26). The highest BCUT2D eigenvalue weighted by Gasteiger charge is 2.52. The summed E-state index contributed by atoms with van der Waals surface area (Å²) >= 11 is 0. The first-order valence-corrected chi connectivity index (χ1v) is 9.56. The lowest BCUT2D eigenvalue weighted by atomic mass is 9.75. The number of amides is 4. The van der Waals surface area contributed by atoms with Crippen LogP contribution >= 0.6 is 0 Å². The number of nitrogens with zero attached hydrogens (tertiary/aromatic N) is 2. The van der Waals surface area contributed by atoms with Crippen LogP contribution in [0, 0.1) is 5.92 Å². The fraction of sp³-hybridized carbons (Fsp3) is 0.550. The molecule has 1 saturated carbocycles. The molecule has 4 amide bonds. The highest BCUT2D eigenvalue weighted by Crippen LogP contribution is 2.37. The molecular formula is C20H25N3O3. The molecule has 138 valence electrons. The summed E-state index contributed by atoms with van der Waals surface area (Å²) in [4.78, 5) is 41.0. The number of anilines is 1. The zero-order chi connectivity index (χ0) is 18.3. The second-order valence-corrected chi connectivity index (χ2v) is 7.68. The molecule has 1 aromatic rings. The number of carbonyl (C=O) groups is 3. The minimum Gasteiger partial charge on any atom is -0.323 e. The van der Waals surface area contributed by atoms with Gasteiger partial charge in [0.1, 0.15) is 12.1 Å². The van der Waals surface area contributed by atoms with Crippen molar-refractivity contribution < 1.29 is 14.4 Å². The summed E-state index contributed by atoms with van der Waals surface area (Å²) in [7, 11) is 0. The third-order valence-electron chi connectivity index (χ3n) is 6.26. The molecule has 1 aromatic carbocycles. The van der Waals surface area contributed by atoms with E-state index in [1.165, 1.54) is 0 Å². The number of fused-ring (bicyclic) bond motifs is 1. The second kappa shape index (κ2) is 6.41. The van der Waals surface area contributed by atoms with Gasteiger partial charge in [-0.1, -0.05) is 31.5 Å². The van der Waals surface area contributed by atoms with Gasteiger partial charge in [-0.2, -0.15) is 0 Å². The summed E-state index contributed by atoms with van der Waals surface area (Å²) in [5.74, 6) is 0.206. The van der Waals surface area contributed by atoms with Crippen LogP contribution in [0.15, 0.2) is 24.3 Å². The Hall–Kier alpha value is -2.37. The van der Waals surface area contributed by atoms with Crippen molar-refractivity contribution in [2.75, 3.05) is 18.0 Å². The number of hydrogen-bond donors (Lipinski definition) is 1. The van der Waals surface area contributed by atoms with Crippen LogP contribution in [0.25, 0.3) is 0 Å². The molecular weight excluding hydrogens is 330 g/mol. The van der Waals surface area contributed by atoms with E-state index in [1.54, 1.807) is 4.90 Å². The third kappa shape index (κ3) is 2.68. The Morgan fingerprint density at radius 1 is 1.23 bits per heavy atom. The van der Waals surface area contributed by atoms with Gasteiger partial charge in [-0.3, -0.25) is 14.5 Å². The van der Waals surface area contributed by atoms with Crippen molar-refractivity contribution in [2.45, 2.75) is 51.0 Å². The Morgan fingerprint density at radius 2 is 1.96 bits per heavy atom. The maximum atomic E-state index is 13.0. The molecule has 0 unspecified atom stereocenters. The molecule has 0 bridgehead atoms. The van der Waals surface area contributed by atoms with Gasteiger partial charge in [0.05, 0.1) is 0 Å². The predicted octanol–water partition coefficient (Wildman–Crippen LogP) is 2.47. The van der Waals surface area contributed by atoms with Gasteiger partial charge in [0.25, 0.3) is 5.91 Å². The summed E-state index contributed by atoms with van der Waals surface area (Å²) in [6.45, 7) is 2.58. The Bertz CT molecular complexity index is 752. The lowest BCUT2D eigenvalue weighted by Crippen LogP contribution is -2.50. The van der Waals surface area contributed by atoms with Gasteiger partial charge < -0.3 is 10.2 Å². The van der Waals surface area contributed by atoms with Gasteiger partial charge in [0.2, 0.25) is 5.91 Å². The largest absolute Gasteiger partial charge is 0.325 e. The molecule has 1 spiro atoms. The van der Waals surface area contributed by atoms with Crippen molar-refractivity contribution in [1.29, 1.82) is 0 Å². The topological polar surface area (TPSA) is 69.7 Å². The Balaban J connectivity index is 1.46. The van der Waals surface area contributed by atoms with E-state index in [0.717, 1.165) is 41.8 Å². The molecule has 2 aliphatic heterocycles. The lowest BCUT2D eigenvalue weighted by Gasteiger charge is -2.34. The normalized spacial score (nSPS) is 27.8. The van der Waals surface area contributed by atoms with Crippen LogP contribution in [0.5, 0.6) is 0 Å². The molecule has 6 heteroatoms. The molecule has 1 saturated heterocycles. The monoisotopic (exact) mass is 355 g/mol. The number of benzene rings is 1. The van der Waals surface area contributed by atoms with E-state index in [2.05, 4.69) is 12.2 Å². The Labute approximate surface area is 153 Å². The number of urea groups is 1. The summed E-state index contributed by atoms with van der Waals surface area (Å²) < 4.78 is 0. The average Bonchev–Trinajstić information content (AvgIpc) is 3.18. The SMILES string of the molecule is CCC1CCC2(CC1)NC(=O)N(CC(=O)N1CCc3ccccc31)C2=O. The first kappa shape index (κ1) is 17.1. The summed E-state index contributed by atoms with van der Waals surface area (Å²) in [6.07, 6.45) is 5.16. The molecule has 0 aromatic heterocycles. The molecule has 3 aliphatic rings. The number of para-hydroxylation sites is 1. The van der Waals surface area contributed by atoms with Crippen LogP contribution in [0.4, 0.5) is 10.5 Å². The average molecular weight is 355 g/mol. The van der Waals surface area contributed by atoms with E-state index in [9.17, 15) is 14.4 Å².